The van der Waals surface area contributed by atoms with Crippen LogP contribution in [0.15, 0.2) is 91.0 Å². The Morgan fingerprint density at radius 2 is 1.36 bits per heavy atom. The van der Waals surface area contributed by atoms with Gasteiger partial charge in [-0.2, -0.15) is 16.8 Å². The monoisotopic (exact) mass is 1110 g/mol. The van der Waals surface area contributed by atoms with Crippen LogP contribution in [0.25, 0.3) is 0 Å². The Bertz CT molecular complexity index is 3350. The minimum atomic E-state index is -4.11. The minimum absolute atomic E-state index is 0.00664. The number of amides is 3. The van der Waals surface area contributed by atoms with Crippen LogP contribution >= 0.6 is 21.6 Å². The maximum atomic E-state index is 14.4. The van der Waals surface area contributed by atoms with Crippen LogP contribution in [0.5, 0.6) is 17.2 Å². The third-order valence-corrected chi connectivity index (χ3v) is 21.2. The number of carbonyl (C=O) groups excluding carboxylic acids is 4. The van der Waals surface area contributed by atoms with Crippen LogP contribution in [-0.2, 0) is 77.1 Å². The molecule has 16 nitrogen and oxygen atoms in total. The van der Waals surface area contributed by atoms with Crippen molar-refractivity contribution in [3.63, 3.8) is 0 Å². The molecule has 2 unspecified atom stereocenters. The number of ketones is 1. The van der Waals surface area contributed by atoms with Crippen molar-refractivity contribution >= 4 is 82.4 Å². The van der Waals surface area contributed by atoms with Gasteiger partial charge in [-0.15, -0.1) is 0 Å². The molecule has 4 aliphatic rings. The molecule has 4 heterocycles. The summed E-state index contributed by atoms with van der Waals surface area (Å²) in [4.78, 5) is 58.7. The van der Waals surface area contributed by atoms with E-state index in [2.05, 4.69) is 15.6 Å². The van der Waals surface area contributed by atoms with Gasteiger partial charge in [0.1, 0.15) is 29.5 Å². The van der Waals surface area contributed by atoms with Crippen molar-refractivity contribution < 1.29 is 58.6 Å². The van der Waals surface area contributed by atoms with E-state index in [-0.39, 0.29) is 62.0 Å². The van der Waals surface area contributed by atoms with Crippen LogP contribution < -0.4 is 29.3 Å². The maximum Gasteiger partial charge on any atom is 0.277 e. The van der Waals surface area contributed by atoms with E-state index in [9.17, 15) is 36.0 Å². The van der Waals surface area contributed by atoms with Crippen LogP contribution in [0.3, 0.4) is 0 Å². The lowest BCUT2D eigenvalue weighted by atomic mass is 9.97. The van der Waals surface area contributed by atoms with Gasteiger partial charge >= 0.3 is 0 Å². The summed E-state index contributed by atoms with van der Waals surface area (Å²) in [5.41, 5.74) is 8.30. The number of ether oxygens (including phenoxy) is 3. The number of methoxy groups -OCH3 is 1. The SMILES string of the molecule is CCC(=O)C(CCSSC(C)(C)C(=O)Nc1cc(COc2cc3c(cc2C)C(=O)N2c4ccccc4C[C@H]2C(S(=O)(=O)OC)C3)cc(COc2cc3c(cc2OC)C(=O)N2c4ccccc4C[C@H]2CC3)c1)S(=O)(=O)OC. The molecule has 5 aromatic carbocycles. The Morgan fingerprint density at radius 1 is 0.737 bits per heavy atom. The first kappa shape index (κ1) is 54.9. The van der Waals surface area contributed by atoms with Gasteiger partial charge in [0.15, 0.2) is 17.3 Å². The summed E-state index contributed by atoms with van der Waals surface area (Å²) in [6.45, 7) is 6.92. The van der Waals surface area contributed by atoms with Crippen molar-refractivity contribution in [3.8, 4) is 17.2 Å². The standard InChI is InChI=1S/C56H61N3O13S4/c1-8-47(60)51(75(64,65)69-6)19-20-73-74-56(3,4)55(63)57-40-23-34(22-35(24-40)32-72-50-27-36-17-18-41-25-37-13-9-11-15-44(37)58(41)53(61)43(36)30-49(50)68-5)31-71-48-28-39-29-52(76(66,67)70-7)46-26-38-14-10-12-16-45(38)59(46)54(62)42(39)21-33(48)2/h9-16,21-24,27-28,30,41,46,51-52H,8,17-20,25-26,29,31-32H2,1-7H3,(H,57,63)/t41-,46+,51?,52?/m1/s1. The fourth-order valence-electron chi connectivity index (χ4n) is 10.6. The molecule has 0 aromatic heterocycles. The summed E-state index contributed by atoms with van der Waals surface area (Å²) >= 11 is 0. The number of aryl methyl sites for hydroxylation is 2. The minimum Gasteiger partial charge on any atom is -0.493 e. The topological polar surface area (TPSA) is 201 Å². The molecule has 4 aliphatic heterocycles. The van der Waals surface area contributed by atoms with Crippen molar-refractivity contribution in [2.24, 2.45) is 0 Å². The molecular formula is C56H61N3O13S4. The molecule has 0 saturated heterocycles. The number of hydrogen-bond donors (Lipinski definition) is 1. The highest BCUT2D eigenvalue weighted by atomic mass is 33.1. The number of fused-ring (bicyclic) bond motifs is 8. The first-order chi connectivity index (χ1) is 36.3. The van der Waals surface area contributed by atoms with E-state index in [1.54, 1.807) is 56.0 Å². The third kappa shape index (κ3) is 11.0. The largest absolute Gasteiger partial charge is 0.493 e. The molecular weight excluding hydrogens is 1050 g/mol. The number of anilines is 3. The van der Waals surface area contributed by atoms with E-state index in [1.165, 1.54) is 28.7 Å². The predicted octanol–water partition coefficient (Wildman–Crippen LogP) is 8.96. The average Bonchev–Trinajstić information content (AvgIpc) is 3.95. The molecule has 0 saturated carbocycles. The van der Waals surface area contributed by atoms with Gasteiger partial charge in [-0.1, -0.05) is 64.9 Å². The number of Topliss-reactive ketones (excluding diaryl/α,β-unsaturated/α-hetero) is 1. The maximum absolute atomic E-state index is 14.4. The lowest BCUT2D eigenvalue weighted by molar-refractivity contribution is -0.119. The third-order valence-electron chi connectivity index (χ3n) is 14.6. The zero-order valence-corrected chi connectivity index (χ0v) is 46.6. The van der Waals surface area contributed by atoms with Gasteiger partial charge < -0.3 is 29.3 Å². The van der Waals surface area contributed by atoms with Crippen LogP contribution in [0.2, 0.25) is 0 Å². The summed E-state index contributed by atoms with van der Waals surface area (Å²) in [6, 6.07) is 27.3. The molecule has 5 aromatic rings. The molecule has 0 radical (unpaired) electrons. The van der Waals surface area contributed by atoms with E-state index >= 15 is 0 Å². The van der Waals surface area contributed by atoms with Gasteiger partial charge in [0, 0.05) is 46.4 Å². The van der Waals surface area contributed by atoms with E-state index in [0.29, 0.717) is 74.8 Å². The van der Waals surface area contributed by atoms with Gasteiger partial charge in [0.25, 0.3) is 32.1 Å². The van der Waals surface area contributed by atoms with Crippen LogP contribution in [-0.4, -0.2) is 94.8 Å². The number of nitrogens with one attached hydrogen (secondary N) is 1. The first-order valence-electron chi connectivity index (χ1n) is 25.1. The molecule has 0 aliphatic carbocycles. The molecule has 1 N–H and O–H groups in total. The quantitative estimate of drug-likeness (QED) is 0.0439. The van der Waals surface area contributed by atoms with Gasteiger partial charge in [-0.3, -0.25) is 27.5 Å². The summed E-state index contributed by atoms with van der Waals surface area (Å²) in [5.74, 6) is 0.322. The van der Waals surface area contributed by atoms with Gasteiger partial charge in [0.05, 0.1) is 32.1 Å². The number of para-hydroxylation sites is 2. The van der Waals surface area contributed by atoms with E-state index in [0.717, 1.165) is 49.4 Å². The van der Waals surface area contributed by atoms with Crippen molar-refractivity contribution in [1.29, 1.82) is 0 Å². The van der Waals surface area contributed by atoms with Crippen LogP contribution in [0.1, 0.15) is 99.7 Å². The zero-order valence-electron chi connectivity index (χ0n) is 43.4. The number of rotatable bonds is 20. The second kappa shape index (κ2) is 22.2. The molecule has 0 fully saturated rings. The predicted molar refractivity (Wildman–Crippen MR) is 295 cm³/mol. The highest BCUT2D eigenvalue weighted by Crippen LogP contribution is 2.44. The van der Waals surface area contributed by atoms with Crippen molar-refractivity contribution in [3.05, 3.63) is 141 Å². The summed E-state index contributed by atoms with van der Waals surface area (Å²) in [7, 11) is -1.99. The molecule has 402 valence electrons. The molecule has 4 atom stereocenters. The van der Waals surface area contributed by atoms with Gasteiger partial charge in [0.2, 0.25) is 5.91 Å². The molecule has 76 heavy (non-hydrogen) atoms. The van der Waals surface area contributed by atoms with Crippen molar-refractivity contribution in [2.75, 3.05) is 42.2 Å². The average molecular weight is 1110 g/mol. The number of nitrogens with zero attached hydrogens (tertiary/aromatic N) is 2. The number of benzene rings is 5. The van der Waals surface area contributed by atoms with E-state index in [1.807, 2.05) is 66.4 Å². The normalized spacial score (nSPS) is 18.3. The second-order valence-corrected chi connectivity index (χ2v) is 26.7. The Hall–Kier alpha value is -5.90. The summed E-state index contributed by atoms with van der Waals surface area (Å²) < 4.78 is 79.8. The highest BCUT2D eigenvalue weighted by molar-refractivity contribution is 8.77. The number of carbonyl (C=O) groups is 4. The Kier molecular flexibility index (Phi) is 16.0. The molecule has 20 heteroatoms. The van der Waals surface area contributed by atoms with Crippen LogP contribution in [0, 0.1) is 6.92 Å². The zero-order chi connectivity index (χ0) is 54.3. The Labute approximate surface area is 452 Å². The first-order valence-corrected chi connectivity index (χ1v) is 30.3. The molecule has 0 spiro atoms. The summed E-state index contributed by atoms with van der Waals surface area (Å²) in [6.07, 6.45) is 2.63. The van der Waals surface area contributed by atoms with Gasteiger partial charge in [-0.25, -0.2) is 0 Å². The smallest absolute Gasteiger partial charge is 0.277 e. The van der Waals surface area contributed by atoms with Gasteiger partial charge in [-0.05, 0) is 153 Å². The molecule has 3 amide bonds. The summed E-state index contributed by atoms with van der Waals surface area (Å²) in [5, 5.41) is 0.690. The Balaban J connectivity index is 0.979. The molecule has 0 bridgehead atoms. The highest BCUT2D eigenvalue weighted by Gasteiger charge is 2.48. The van der Waals surface area contributed by atoms with Crippen LogP contribution in [0.4, 0.5) is 17.1 Å². The Morgan fingerprint density at radius 3 is 2.01 bits per heavy atom. The van der Waals surface area contributed by atoms with E-state index < -0.39 is 47.3 Å². The number of hydrogen-bond acceptors (Lipinski definition) is 15. The van der Waals surface area contributed by atoms with Crippen molar-refractivity contribution in [2.45, 2.75) is 113 Å². The lowest BCUT2D eigenvalue weighted by Gasteiger charge is -2.28. The fraction of sp³-hybridized carbons (Fsp3) is 0.393. The lowest BCUT2D eigenvalue weighted by Crippen LogP contribution is -2.47. The molecule has 9 rings (SSSR count). The second-order valence-electron chi connectivity index (χ2n) is 19.9. The van der Waals surface area contributed by atoms with Crippen molar-refractivity contribution in [1.82, 2.24) is 0 Å². The van der Waals surface area contributed by atoms with E-state index in [4.69, 9.17) is 18.4 Å². The fourth-order valence-corrected chi connectivity index (χ4v) is 15.6.